The smallest absolute Gasteiger partial charge is 0.355 e. The highest BCUT2D eigenvalue weighted by molar-refractivity contribution is 6.08. The van der Waals surface area contributed by atoms with Crippen LogP contribution in [-0.4, -0.2) is 36.0 Å². The number of hydrogen-bond donors (Lipinski definition) is 2. The molecule has 2 N–H and O–H groups in total. The van der Waals surface area contributed by atoms with Gasteiger partial charge in [-0.1, -0.05) is 13.3 Å². The summed E-state index contributed by atoms with van der Waals surface area (Å²) in [6, 6.07) is 6.48. The molecule has 0 spiro atoms. The van der Waals surface area contributed by atoms with Crippen LogP contribution in [0.5, 0.6) is 0 Å². The quantitative estimate of drug-likeness (QED) is 0.527. The molecule has 0 atom stereocenters. The number of carbonyl (C=O) groups excluding carboxylic acids is 3. The van der Waals surface area contributed by atoms with Crippen molar-refractivity contribution in [1.82, 2.24) is 4.98 Å². The number of carbonyl (C=O) groups is 3. The molecular weight excluding hydrogens is 360 g/mol. The van der Waals surface area contributed by atoms with Crippen LogP contribution in [0.15, 0.2) is 24.3 Å². The first kappa shape index (κ1) is 21.2. The van der Waals surface area contributed by atoms with Crippen LogP contribution in [0.3, 0.4) is 0 Å². The Morgan fingerprint density at radius 2 is 1.68 bits per heavy atom. The number of H-pyrrole nitrogens is 1. The van der Waals surface area contributed by atoms with Gasteiger partial charge in [0, 0.05) is 11.4 Å². The summed E-state index contributed by atoms with van der Waals surface area (Å²) in [5.41, 5.74) is 2.74. The van der Waals surface area contributed by atoms with Gasteiger partial charge in [0.25, 0.3) is 5.91 Å². The predicted molar refractivity (Wildman–Crippen MR) is 106 cm³/mol. The van der Waals surface area contributed by atoms with Crippen LogP contribution in [0.2, 0.25) is 0 Å². The van der Waals surface area contributed by atoms with E-state index in [1.165, 1.54) is 0 Å². The van der Waals surface area contributed by atoms with Crippen LogP contribution in [-0.2, 0) is 9.47 Å². The van der Waals surface area contributed by atoms with E-state index in [1.54, 1.807) is 45.0 Å². The van der Waals surface area contributed by atoms with Crippen molar-refractivity contribution in [2.24, 2.45) is 0 Å². The van der Waals surface area contributed by atoms with Crippen molar-refractivity contribution >= 4 is 23.5 Å². The standard InChI is InChI=1S/C21H26N2O5/c1-5-7-12-28-20(25)15-8-10-16(11-9-15)23-19(24)17-13(3)18(22-14(17)4)21(26)27-6-2/h8-11,22H,5-7,12H2,1-4H3,(H,23,24). The van der Waals surface area contributed by atoms with Gasteiger partial charge in [-0.15, -0.1) is 0 Å². The topological polar surface area (TPSA) is 97.5 Å². The van der Waals surface area contributed by atoms with Crippen LogP contribution < -0.4 is 5.32 Å². The molecular formula is C21H26N2O5. The second-order valence-electron chi connectivity index (χ2n) is 6.37. The summed E-state index contributed by atoms with van der Waals surface area (Å²) in [5.74, 6) is -1.23. The Hall–Kier alpha value is -3.09. The third-order valence-electron chi connectivity index (χ3n) is 4.25. The van der Waals surface area contributed by atoms with Crippen LogP contribution >= 0.6 is 0 Å². The third-order valence-corrected chi connectivity index (χ3v) is 4.25. The number of ether oxygens (including phenoxy) is 2. The number of rotatable bonds is 8. The highest BCUT2D eigenvalue weighted by Gasteiger charge is 2.22. The zero-order valence-electron chi connectivity index (χ0n) is 16.7. The molecule has 0 saturated heterocycles. The Balaban J connectivity index is 2.09. The van der Waals surface area contributed by atoms with Crippen LogP contribution in [0.4, 0.5) is 5.69 Å². The van der Waals surface area contributed by atoms with Crippen LogP contribution in [0.25, 0.3) is 0 Å². The number of hydrogen-bond acceptors (Lipinski definition) is 5. The fourth-order valence-electron chi connectivity index (χ4n) is 2.77. The Morgan fingerprint density at radius 3 is 2.29 bits per heavy atom. The van der Waals surface area contributed by atoms with E-state index in [0.717, 1.165) is 12.8 Å². The maximum Gasteiger partial charge on any atom is 0.355 e. The number of benzene rings is 1. The molecule has 1 heterocycles. The Morgan fingerprint density at radius 1 is 1.00 bits per heavy atom. The van der Waals surface area contributed by atoms with E-state index >= 15 is 0 Å². The molecule has 0 aliphatic heterocycles. The van der Waals surface area contributed by atoms with Gasteiger partial charge in [-0.2, -0.15) is 0 Å². The van der Waals surface area contributed by atoms with E-state index in [2.05, 4.69) is 10.3 Å². The van der Waals surface area contributed by atoms with E-state index in [-0.39, 0.29) is 24.2 Å². The molecule has 0 radical (unpaired) electrons. The molecule has 0 fully saturated rings. The maximum atomic E-state index is 12.7. The maximum absolute atomic E-state index is 12.7. The number of aryl methyl sites for hydroxylation is 1. The lowest BCUT2D eigenvalue weighted by atomic mass is 10.1. The van der Waals surface area contributed by atoms with Gasteiger partial charge in [-0.25, -0.2) is 9.59 Å². The van der Waals surface area contributed by atoms with E-state index in [9.17, 15) is 14.4 Å². The van der Waals surface area contributed by atoms with E-state index in [4.69, 9.17) is 9.47 Å². The van der Waals surface area contributed by atoms with Gasteiger partial charge in [-0.05, 0) is 57.0 Å². The SMILES string of the molecule is CCCCOC(=O)c1ccc(NC(=O)c2c(C)[nH]c(C(=O)OCC)c2C)cc1. The summed E-state index contributed by atoms with van der Waals surface area (Å²) >= 11 is 0. The second kappa shape index (κ2) is 9.73. The van der Waals surface area contributed by atoms with Crippen molar-refractivity contribution in [1.29, 1.82) is 0 Å². The second-order valence-corrected chi connectivity index (χ2v) is 6.37. The van der Waals surface area contributed by atoms with E-state index < -0.39 is 5.97 Å². The van der Waals surface area contributed by atoms with E-state index in [0.29, 0.717) is 34.7 Å². The molecule has 0 unspecified atom stereocenters. The van der Waals surface area contributed by atoms with Crippen LogP contribution in [0, 0.1) is 13.8 Å². The minimum atomic E-state index is -0.493. The summed E-state index contributed by atoms with van der Waals surface area (Å²) in [5, 5.41) is 2.78. The largest absolute Gasteiger partial charge is 0.462 e. The van der Waals surface area contributed by atoms with Crippen molar-refractivity contribution in [3.8, 4) is 0 Å². The Labute approximate surface area is 164 Å². The molecule has 1 aromatic heterocycles. The lowest BCUT2D eigenvalue weighted by molar-refractivity contribution is 0.0496. The summed E-state index contributed by atoms with van der Waals surface area (Å²) < 4.78 is 10.2. The molecule has 0 saturated carbocycles. The van der Waals surface area contributed by atoms with Crippen molar-refractivity contribution in [2.75, 3.05) is 18.5 Å². The monoisotopic (exact) mass is 386 g/mol. The van der Waals surface area contributed by atoms with Gasteiger partial charge in [0.05, 0.1) is 24.3 Å². The predicted octanol–water partition coefficient (Wildman–Crippen LogP) is 4.02. The molecule has 150 valence electrons. The zero-order valence-corrected chi connectivity index (χ0v) is 16.7. The highest BCUT2D eigenvalue weighted by atomic mass is 16.5. The normalized spacial score (nSPS) is 10.4. The summed E-state index contributed by atoms with van der Waals surface area (Å²) in [4.78, 5) is 39.5. The third kappa shape index (κ3) is 5.00. The number of nitrogens with one attached hydrogen (secondary N) is 2. The summed E-state index contributed by atoms with van der Waals surface area (Å²) in [6.45, 7) is 7.81. The fraction of sp³-hybridized carbons (Fsp3) is 0.381. The van der Waals surface area contributed by atoms with Crippen molar-refractivity contribution in [3.63, 3.8) is 0 Å². The molecule has 7 nitrogen and oxygen atoms in total. The molecule has 1 aromatic carbocycles. The summed E-state index contributed by atoms with van der Waals surface area (Å²) in [6.07, 6.45) is 1.77. The highest BCUT2D eigenvalue weighted by Crippen LogP contribution is 2.21. The first-order valence-corrected chi connectivity index (χ1v) is 9.33. The number of aromatic amines is 1. The van der Waals surface area contributed by atoms with Crippen molar-refractivity contribution < 1.29 is 23.9 Å². The minimum absolute atomic E-state index is 0.255. The minimum Gasteiger partial charge on any atom is -0.462 e. The molecule has 2 rings (SSSR count). The van der Waals surface area contributed by atoms with Crippen molar-refractivity contribution in [3.05, 3.63) is 52.3 Å². The molecule has 1 amide bonds. The average molecular weight is 386 g/mol. The van der Waals surface area contributed by atoms with Gasteiger partial charge < -0.3 is 19.8 Å². The van der Waals surface area contributed by atoms with Gasteiger partial charge >= 0.3 is 11.9 Å². The number of aromatic nitrogens is 1. The number of esters is 2. The lowest BCUT2D eigenvalue weighted by Gasteiger charge is -2.08. The molecule has 28 heavy (non-hydrogen) atoms. The van der Waals surface area contributed by atoms with E-state index in [1.807, 2.05) is 6.92 Å². The summed E-state index contributed by atoms with van der Waals surface area (Å²) in [7, 11) is 0. The lowest BCUT2D eigenvalue weighted by Crippen LogP contribution is -2.14. The first-order valence-electron chi connectivity index (χ1n) is 9.33. The Bertz CT molecular complexity index is 852. The molecule has 0 bridgehead atoms. The van der Waals surface area contributed by atoms with Gasteiger partial charge in [0.15, 0.2) is 0 Å². The first-order chi connectivity index (χ1) is 13.4. The Kier molecular flexibility index (Phi) is 7.37. The molecule has 0 aliphatic carbocycles. The van der Waals surface area contributed by atoms with Gasteiger partial charge in [0.2, 0.25) is 0 Å². The zero-order chi connectivity index (χ0) is 20.7. The fourth-order valence-corrected chi connectivity index (χ4v) is 2.77. The van der Waals surface area contributed by atoms with Gasteiger partial charge in [-0.3, -0.25) is 4.79 Å². The number of anilines is 1. The van der Waals surface area contributed by atoms with Crippen molar-refractivity contribution in [2.45, 2.75) is 40.5 Å². The average Bonchev–Trinajstić information content (AvgIpc) is 2.97. The van der Waals surface area contributed by atoms with Crippen LogP contribution in [0.1, 0.15) is 69.2 Å². The molecule has 2 aromatic rings. The number of unbranched alkanes of at least 4 members (excludes halogenated alkanes) is 1. The molecule has 0 aliphatic rings. The molecule has 7 heteroatoms. The van der Waals surface area contributed by atoms with Gasteiger partial charge in [0.1, 0.15) is 5.69 Å². The number of amides is 1.